The molecule has 0 radical (unpaired) electrons. The number of hydrogen-bond donors (Lipinski definition) is 1. The third kappa shape index (κ3) is 3.42. The highest BCUT2D eigenvalue weighted by Gasteiger charge is 2.17. The molecule has 0 saturated carbocycles. The van der Waals surface area contributed by atoms with E-state index in [1.165, 1.54) is 6.33 Å². The number of nitrogen functional groups attached to an aromatic ring is 1. The molecule has 7 nitrogen and oxygen atoms in total. The van der Waals surface area contributed by atoms with Crippen molar-refractivity contribution in [3.8, 4) is 28.6 Å². The lowest BCUT2D eigenvalue weighted by Crippen LogP contribution is -2.01. The first-order valence-corrected chi connectivity index (χ1v) is 9.14. The molecule has 29 heavy (non-hydrogen) atoms. The van der Waals surface area contributed by atoms with Crippen LogP contribution in [-0.2, 0) is 0 Å². The first-order valence-electron chi connectivity index (χ1n) is 9.14. The Morgan fingerprint density at radius 2 is 1.79 bits per heavy atom. The number of aryl methyl sites for hydroxylation is 2. The first kappa shape index (κ1) is 18.6. The number of rotatable bonds is 4. The van der Waals surface area contributed by atoms with Gasteiger partial charge in [0.2, 0.25) is 5.88 Å². The van der Waals surface area contributed by atoms with Crippen molar-refractivity contribution in [3.05, 3.63) is 59.7 Å². The van der Waals surface area contributed by atoms with Crippen LogP contribution in [0.5, 0.6) is 17.4 Å². The van der Waals surface area contributed by atoms with Crippen LogP contribution in [0.2, 0.25) is 0 Å². The fourth-order valence-corrected chi connectivity index (χ4v) is 3.19. The van der Waals surface area contributed by atoms with E-state index in [1.54, 1.807) is 13.3 Å². The number of pyridine rings is 2. The van der Waals surface area contributed by atoms with Crippen molar-refractivity contribution in [1.29, 1.82) is 0 Å². The van der Waals surface area contributed by atoms with Gasteiger partial charge in [-0.3, -0.25) is 4.98 Å². The van der Waals surface area contributed by atoms with Gasteiger partial charge in [0, 0.05) is 23.0 Å². The monoisotopic (exact) mass is 387 g/mol. The Balaban J connectivity index is 1.92. The molecule has 0 atom stereocenters. The number of methoxy groups -OCH3 is 1. The molecule has 146 valence electrons. The molecule has 2 N–H and O–H groups in total. The van der Waals surface area contributed by atoms with Crippen molar-refractivity contribution >= 4 is 16.7 Å². The highest BCUT2D eigenvalue weighted by Crippen LogP contribution is 2.38. The molecule has 4 rings (SSSR count). The van der Waals surface area contributed by atoms with E-state index in [0.29, 0.717) is 34.0 Å². The fourth-order valence-electron chi connectivity index (χ4n) is 3.19. The first-order chi connectivity index (χ1) is 14.0. The lowest BCUT2D eigenvalue weighted by atomic mass is 10.1. The van der Waals surface area contributed by atoms with E-state index < -0.39 is 0 Å². The zero-order valence-electron chi connectivity index (χ0n) is 16.7. The predicted octanol–water partition coefficient (Wildman–Crippen LogP) is 4.40. The minimum absolute atomic E-state index is 0.310. The van der Waals surface area contributed by atoms with E-state index in [2.05, 4.69) is 15.0 Å². The Kier molecular flexibility index (Phi) is 4.72. The summed E-state index contributed by atoms with van der Waals surface area (Å²) in [6, 6.07) is 9.61. The Hall–Kier alpha value is -3.74. The summed E-state index contributed by atoms with van der Waals surface area (Å²) in [5.74, 6) is 2.05. The van der Waals surface area contributed by atoms with Crippen molar-refractivity contribution < 1.29 is 9.47 Å². The molecule has 0 bridgehead atoms. The Morgan fingerprint density at radius 3 is 2.52 bits per heavy atom. The average Bonchev–Trinajstić information content (AvgIpc) is 2.71. The van der Waals surface area contributed by atoms with Crippen LogP contribution in [0.4, 0.5) is 5.82 Å². The van der Waals surface area contributed by atoms with E-state index in [9.17, 15) is 0 Å². The van der Waals surface area contributed by atoms with Gasteiger partial charge in [-0.2, -0.15) is 0 Å². The van der Waals surface area contributed by atoms with Crippen LogP contribution in [0.1, 0.15) is 16.8 Å². The van der Waals surface area contributed by atoms with Crippen LogP contribution in [-0.4, -0.2) is 27.0 Å². The van der Waals surface area contributed by atoms with Crippen molar-refractivity contribution in [1.82, 2.24) is 19.9 Å². The minimum Gasteiger partial charge on any atom is -0.496 e. The molecule has 0 unspecified atom stereocenters. The summed E-state index contributed by atoms with van der Waals surface area (Å²) in [4.78, 5) is 17.6. The van der Waals surface area contributed by atoms with E-state index in [0.717, 1.165) is 28.1 Å². The van der Waals surface area contributed by atoms with Gasteiger partial charge >= 0.3 is 0 Å². The Labute approximate surface area is 168 Å². The van der Waals surface area contributed by atoms with Crippen molar-refractivity contribution in [2.75, 3.05) is 12.8 Å². The number of hydrogen-bond acceptors (Lipinski definition) is 7. The molecule has 0 amide bonds. The maximum atomic E-state index is 6.29. The summed E-state index contributed by atoms with van der Waals surface area (Å²) in [6.07, 6.45) is 3.21. The van der Waals surface area contributed by atoms with Gasteiger partial charge in [-0.05, 0) is 50.6 Å². The van der Waals surface area contributed by atoms with Gasteiger partial charge in [0.1, 0.15) is 29.0 Å². The maximum Gasteiger partial charge on any atom is 0.233 e. The van der Waals surface area contributed by atoms with Gasteiger partial charge in [0.15, 0.2) is 0 Å². The van der Waals surface area contributed by atoms with Crippen LogP contribution in [0, 0.1) is 20.8 Å². The smallest absolute Gasteiger partial charge is 0.233 e. The fraction of sp³-hybridized carbons (Fsp3) is 0.182. The van der Waals surface area contributed by atoms with E-state index in [-0.39, 0.29) is 0 Å². The molecule has 7 heteroatoms. The van der Waals surface area contributed by atoms with Crippen LogP contribution >= 0.6 is 0 Å². The number of nitrogens with zero attached hydrogens (tertiary/aromatic N) is 4. The number of aromatic nitrogens is 4. The minimum atomic E-state index is 0.310. The molecular weight excluding hydrogens is 366 g/mol. The molecule has 0 aliphatic carbocycles. The van der Waals surface area contributed by atoms with Gasteiger partial charge < -0.3 is 15.2 Å². The van der Waals surface area contributed by atoms with E-state index in [4.69, 9.17) is 20.2 Å². The largest absolute Gasteiger partial charge is 0.496 e. The summed E-state index contributed by atoms with van der Waals surface area (Å²) < 4.78 is 11.7. The number of nitrogens with two attached hydrogens (primary N) is 1. The number of benzene rings is 1. The molecule has 0 aliphatic heterocycles. The summed E-state index contributed by atoms with van der Waals surface area (Å²) in [5, 5.41) is 0.568. The van der Waals surface area contributed by atoms with Gasteiger partial charge in [-0.15, -0.1) is 0 Å². The third-order valence-corrected chi connectivity index (χ3v) is 4.79. The quantitative estimate of drug-likeness (QED) is 0.554. The van der Waals surface area contributed by atoms with E-state index in [1.807, 2.05) is 51.1 Å². The van der Waals surface area contributed by atoms with Crippen LogP contribution in [0.3, 0.4) is 0 Å². The predicted molar refractivity (Wildman–Crippen MR) is 112 cm³/mol. The summed E-state index contributed by atoms with van der Waals surface area (Å²) in [7, 11) is 1.63. The maximum absolute atomic E-state index is 6.29. The van der Waals surface area contributed by atoms with Crippen molar-refractivity contribution in [3.63, 3.8) is 0 Å². The number of anilines is 1. The molecule has 0 spiro atoms. The summed E-state index contributed by atoms with van der Waals surface area (Å²) >= 11 is 0. The van der Waals surface area contributed by atoms with Crippen molar-refractivity contribution in [2.45, 2.75) is 20.8 Å². The molecule has 4 aromatic rings. The van der Waals surface area contributed by atoms with Crippen LogP contribution in [0.15, 0.2) is 42.9 Å². The molecular formula is C22H21N5O2. The van der Waals surface area contributed by atoms with Crippen LogP contribution < -0.4 is 15.2 Å². The summed E-state index contributed by atoms with van der Waals surface area (Å²) in [6.45, 7) is 5.85. The Morgan fingerprint density at radius 1 is 0.966 bits per heavy atom. The van der Waals surface area contributed by atoms with Crippen LogP contribution in [0.25, 0.3) is 22.2 Å². The second-order valence-corrected chi connectivity index (χ2v) is 6.79. The molecule has 0 saturated heterocycles. The number of fused-ring (bicyclic) bond motifs is 1. The topological polar surface area (TPSA) is 96.0 Å². The van der Waals surface area contributed by atoms with Crippen molar-refractivity contribution in [2.24, 2.45) is 0 Å². The zero-order chi connectivity index (χ0) is 20.5. The lowest BCUT2D eigenvalue weighted by Gasteiger charge is -2.16. The highest BCUT2D eigenvalue weighted by molar-refractivity contribution is 5.94. The molecule has 0 aliphatic rings. The molecule has 3 aromatic heterocycles. The van der Waals surface area contributed by atoms with Gasteiger partial charge in [0.05, 0.1) is 18.3 Å². The molecule has 3 heterocycles. The lowest BCUT2D eigenvalue weighted by molar-refractivity contribution is 0.402. The normalized spacial score (nSPS) is 10.9. The zero-order valence-corrected chi connectivity index (χ0v) is 16.7. The average molecular weight is 387 g/mol. The van der Waals surface area contributed by atoms with Gasteiger partial charge in [-0.25, -0.2) is 15.0 Å². The molecule has 0 fully saturated rings. The third-order valence-electron chi connectivity index (χ3n) is 4.79. The van der Waals surface area contributed by atoms with E-state index >= 15 is 0 Å². The number of ether oxygens (including phenoxy) is 2. The summed E-state index contributed by atoms with van der Waals surface area (Å²) in [5.41, 5.74) is 11.1. The van der Waals surface area contributed by atoms with Gasteiger partial charge in [-0.1, -0.05) is 6.07 Å². The second-order valence-electron chi connectivity index (χ2n) is 6.79. The SMILES string of the molecule is COc1ccc(C)c(Oc2nc(-c3ccc(C)nc3)cc3ncnc(N)c23)c1C. The van der Waals surface area contributed by atoms with Gasteiger partial charge in [0.25, 0.3) is 0 Å². The highest BCUT2D eigenvalue weighted by atomic mass is 16.5. The molecule has 1 aromatic carbocycles. The Bertz CT molecular complexity index is 1210. The standard InChI is InChI=1S/C22H21N5O2/c1-12-5-8-18(28-4)14(3)20(12)29-22-19-17(25-11-26-21(19)23)9-16(27-22)15-7-6-13(2)24-10-15/h5-11H,1-4H3,(H2,23,25,26). The second kappa shape index (κ2) is 7.35.